The molecule has 7 aromatic rings. The minimum absolute atomic E-state index is 0.851. The van der Waals surface area contributed by atoms with Gasteiger partial charge in [-0.15, -0.1) is 0 Å². The summed E-state index contributed by atoms with van der Waals surface area (Å²) in [5.74, 6) is 0. The standard InChI is InChI=1S/C42H34N2/c1-3-29(4-2)31-19-23-37-32(27-31)21-25-40-39-24-20-33(28-41(39)44(42(37)40)34-14-8-5-9-15-34)36-22-18-30(13-7-6-12-26-43)35-16-10-11-17-38(35)36/h3-12,14-28H,1,13,43H2,2H3/b7-6-,26-12-,29-4+. The molecule has 1 heterocycles. The monoisotopic (exact) mass is 566 g/mol. The molecule has 1 aromatic heterocycles. The van der Waals surface area contributed by atoms with Crippen molar-refractivity contribution in [3.8, 4) is 16.8 Å². The molecule has 0 fully saturated rings. The Morgan fingerprint density at radius 1 is 0.727 bits per heavy atom. The summed E-state index contributed by atoms with van der Waals surface area (Å²) < 4.78 is 2.44. The van der Waals surface area contributed by atoms with Crippen LogP contribution in [0, 0.1) is 0 Å². The van der Waals surface area contributed by atoms with Crippen LogP contribution in [0.15, 0.2) is 158 Å². The molecule has 2 nitrogen and oxygen atoms in total. The van der Waals surface area contributed by atoms with E-state index in [0.717, 1.165) is 17.7 Å². The third-order valence-corrected chi connectivity index (χ3v) is 8.64. The van der Waals surface area contributed by atoms with E-state index in [1.807, 2.05) is 18.2 Å². The third-order valence-electron chi connectivity index (χ3n) is 8.64. The number of benzene rings is 6. The van der Waals surface area contributed by atoms with Crippen LogP contribution in [0.3, 0.4) is 0 Å². The number of hydrogen-bond acceptors (Lipinski definition) is 1. The van der Waals surface area contributed by atoms with Crippen molar-refractivity contribution in [3.05, 3.63) is 170 Å². The number of nitrogens with two attached hydrogens (primary N) is 1. The summed E-state index contributed by atoms with van der Waals surface area (Å²) >= 11 is 0. The highest BCUT2D eigenvalue weighted by Crippen LogP contribution is 2.40. The summed E-state index contributed by atoms with van der Waals surface area (Å²) in [7, 11) is 0. The first-order valence-corrected chi connectivity index (χ1v) is 15.1. The van der Waals surface area contributed by atoms with Gasteiger partial charge in [0.05, 0.1) is 11.0 Å². The Hall–Kier alpha value is -5.60. The highest BCUT2D eigenvalue weighted by atomic mass is 15.0. The second-order valence-electron chi connectivity index (χ2n) is 11.1. The van der Waals surface area contributed by atoms with Gasteiger partial charge in [0, 0.05) is 21.8 Å². The van der Waals surface area contributed by atoms with Gasteiger partial charge in [0.1, 0.15) is 0 Å². The van der Waals surface area contributed by atoms with Crippen LogP contribution in [0.5, 0.6) is 0 Å². The maximum absolute atomic E-state index is 5.51. The van der Waals surface area contributed by atoms with E-state index in [1.54, 1.807) is 6.20 Å². The molecule has 0 spiro atoms. The van der Waals surface area contributed by atoms with Crippen LogP contribution in [-0.2, 0) is 6.42 Å². The molecule has 212 valence electrons. The fraction of sp³-hybridized carbons (Fsp3) is 0.0476. The number of para-hydroxylation sites is 1. The second kappa shape index (κ2) is 11.6. The SMILES string of the molecule is C=C/C(=C\C)c1ccc2c(ccc3c4ccc(-c5ccc(C/C=C\C=C/N)c6ccccc56)cc4n(-c4ccccc4)c23)c1. The first-order chi connectivity index (χ1) is 21.7. The lowest BCUT2D eigenvalue weighted by Gasteiger charge is -2.13. The number of rotatable bonds is 7. The number of hydrogen-bond donors (Lipinski definition) is 1. The van der Waals surface area contributed by atoms with E-state index in [4.69, 9.17) is 5.73 Å². The van der Waals surface area contributed by atoms with Gasteiger partial charge in [-0.25, -0.2) is 0 Å². The minimum atomic E-state index is 0.851. The Bertz CT molecular complexity index is 2280. The van der Waals surface area contributed by atoms with E-state index in [-0.39, 0.29) is 0 Å². The maximum Gasteiger partial charge on any atom is 0.0619 e. The van der Waals surface area contributed by atoms with E-state index in [9.17, 15) is 0 Å². The molecule has 0 amide bonds. The summed E-state index contributed by atoms with van der Waals surface area (Å²) in [6.45, 7) is 6.08. The first kappa shape index (κ1) is 27.2. The molecular formula is C42H34N2. The van der Waals surface area contributed by atoms with Crippen LogP contribution in [-0.4, -0.2) is 4.57 Å². The molecule has 0 unspecified atom stereocenters. The second-order valence-corrected chi connectivity index (χ2v) is 11.1. The van der Waals surface area contributed by atoms with Crippen molar-refractivity contribution in [1.82, 2.24) is 4.57 Å². The van der Waals surface area contributed by atoms with Gasteiger partial charge >= 0.3 is 0 Å². The molecule has 0 aliphatic heterocycles. The molecule has 0 bridgehead atoms. The van der Waals surface area contributed by atoms with Gasteiger partial charge in [-0.3, -0.25) is 0 Å². The van der Waals surface area contributed by atoms with Gasteiger partial charge < -0.3 is 10.3 Å². The van der Waals surface area contributed by atoms with Gasteiger partial charge in [-0.2, -0.15) is 0 Å². The Morgan fingerprint density at radius 2 is 1.50 bits per heavy atom. The molecule has 2 N–H and O–H groups in total. The fourth-order valence-corrected chi connectivity index (χ4v) is 6.56. The molecule has 0 aliphatic rings. The summed E-state index contributed by atoms with van der Waals surface area (Å²) in [6, 6.07) is 42.2. The molecule has 0 aliphatic carbocycles. The maximum atomic E-state index is 5.51. The highest BCUT2D eigenvalue weighted by molar-refractivity contribution is 6.19. The smallest absolute Gasteiger partial charge is 0.0619 e. The van der Waals surface area contributed by atoms with E-state index < -0.39 is 0 Å². The van der Waals surface area contributed by atoms with Crippen LogP contribution >= 0.6 is 0 Å². The van der Waals surface area contributed by atoms with Crippen molar-refractivity contribution in [1.29, 1.82) is 0 Å². The van der Waals surface area contributed by atoms with Crippen molar-refractivity contribution in [2.75, 3.05) is 0 Å². The molecule has 0 atom stereocenters. The van der Waals surface area contributed by atoms with Crippen LogP contribution < -0.4 is 5.73 Å². The highest BCUT2D eigenvalue weighted by Gasteiger charge is 2.17. The largest absolute Gasteiger partial charge is 0.405 e. The van der Waals surface area contributed by atoms with Crippen molar-refractivity contribution in [3.63, 3.8) is 0 Å². The molecule has 0 saturated carbocycles. The van der Waals surface area contributed by atoms with Crippen LogP contribution in [0.4, 0.5) is 0 Å². The lowest BCUT2D eigenvalue weighted by Crippen LogP contribution is -1.95. The molecule has 7 rings (SSSR count). The number of fused-ring (bicyclic) bond motifs is 6. The lowest BCUT2D eigenvalue weighted by molar-refractivity contribution is 1.19. The predicted octanol–water partition coefficient (Wildman–Crippen LogP) is 10.9. The van der Waals surface area contributed by atoms with Gasteiger partial charge in [0.2, 0.25) is 0 Å². The number of allylic oxidation sites excluding steroid dienone is 6. The number of aromatic nitrogens is 1. The van der Waals surface area contributed by atoms with Gasteiger partial charge in [-0.1, -0.05) is 122 Å². The van der Waals surface area contributed by atoms with Gasteiger partial charge in [-0.05, 0) is 93.9 Å². The predicted molar refractivity (Wildman–Crippen MR) is 191 cm³/mol. The minimum Gasteiger partial charge on any atom is -0.405 e. The van der Waals surface area contributed by atoms with Crippen molar-refractivity contribution < 1.29 is 0 Å². The Labute approximate surface area is 258 Å². The molecule has 2 heteroatoms. The zero-order valence-electron chi connectivity index (χ0n) is 24.9. The van der Waals surface area contributed by atoms with E-state index in [0.29, 0.717) is 0 Å². The van der Waals surface area contributed by atoms with Crippen LogP contribution in [0.2, 0.25) is 0 Å². The molecular weight excluding hydrogens is 532 g/mol. The Balaban J connectivity index is 1.48. The molecule has 0 saturated heterocycles. The van der Waals surface area contributed by atoms with E-state index >= 15 is 0 Å². The molecule has 44 heavy (non-hydrogen) atoms. The van der Waals surface area contributed by atoms with Crippen LogP contribution in [0.25, 0.3) is 65.7 Å². The molecule has 6 aromatic carbocycles. The summed E-state index contributed by atoms with van der Waals surface area (Å²) in [4.78, 5) is 0. The third kappa shape index (κ3) is 4.62. The Kier molecular flexibility index (Phi) is 7.17. The summed E-state index contributed by atoms with van der Waals surface area (Å²) in [5.41, 5.74) is 15.2. The van der Waals surface area contributed by atoms with Gasteiger partial charge in [0.25, 0.3) is 0 Å². The number of nitrogens with zero attached hydrogens (tertiary/aromatic N) is 1. The van der Waals surface area contributed by atoms with Crippen molar-refractivity contribution >= 4 is 48.9 Å². The quantitative estimate of drug-likeness (QED) is 0.191. The molecule has 0 radical (unpaired) electrons. The fourth-order valence-electron chi connectivity index (χ4n) is 6.56. The van der Waals surface area contributed by atoms with Gasteiger partial charge in [0.15, 0.2) is 0 Å². The topological polar surface area (TPSA) is 30.9 Å². The van der Waals surface area contributed by atoms with Crippen LogP contribution in [0.1, 0.15) is 18.1 Å². The van der Waals surface area contributed by atoms with Crippen molar-refractivity contribution in [2.45, 2.75) is 13.3 Å². The first-order valence-electron chi connectivity index (χ1n) is 15.1. The zero-order valence-corrected chi connectivity index (χ0v) is 24.9. The average Bonchev–Trinajstić information content (AvgIpc) is 3.41. The summed E-state index contributed by atoms with van der Waals surface area (Å²) in [6.07, 6.45) is 12.5. The summed E-state index contributed by atoms with van der Waals surface area (Å²) in [5, 5.41) is 7.49. The van der Waals surface area contributed by atoms with Crippen molar-refractivity contribution in [2.24, 2.45) is 5.73 Å². The normalized spacial score (nSPS) is 12.4. The van der Waals surface area contributed by atoms with E-state index in [2.05, 4.69) is 145 Å². The average molecular weight is 567 g/mol. The zero-order chi connectivity index (χ0) is 30.0. The Morgan fingerprint density at radius 3 is 2.30 bits per heavy atom. The van der Waals surface area contributed by atoms with E-state index in [1.165, 1.54) is 65.6 Å². The lowest BCUT2D eigenvalue weighted by atomic mass is 9.93.